The molecule has 0 saturated carbocycles. The summed E-state index contributed by atoms with van der Waals surface area (Å²) < 4.78 is 11.4. The summed E-state index contributed by atoms with van der Waals surface area (Å²) in [5.41, 5.74) is 3.17. The van der Waals surface area contributed by atoms with E-state index < -0.39 is 0 Å². The second kappa shape index (κ2) is 8.32. The number of benzene rings is 2. The first kappa shape index (κ1) is 20.2. The average molecular weight is 406 g/mol. The minimum atomic E-state index is -0.329. The van der Waals surface area contributed by atoms with Crippen LogP contribution in [0.5, 0.6) is 5.75 Å². The van der Waals surface area contributed by atoms with Crippen LogP contribution in [0.2, 0.25) is 0 Å². The summed E-state index contributed by atoms with van der Waals surface area (Å²) in [5.74, 6) is -0.136. The molecule has 0 spiro atoms. The zero-order valence-electron chi connectivity index (χ0n) is 17.6. The first-order chi connectivity index (χ1) is 14.5. The number of imide groups is 1. The van der Waals surface area contributed by atoms with Crippen LogP contribution in [-0.2, 0) is 14.3 Å². The standard InChI is InChI=1S/C24H26N2O4/c1-16(2)30-20-7-5-4-6-19(20)26-23(27)21(18-10-8-17(3)9-11-18)22(24(26)28)25-12-14-29-15-13-25/h4-11,16H,12-15H2,1-3H3. The molecule has 2 aromatic rings. The first-order valence-corrected chi connectivity index (χ1v) is 10.3. The second-order valence-corrected chi connectivity index (χ2v) is 7.77. The van der Waals surface area contributed by atoms with Gasteiger partial charge in [-0.3, -0.25) is 9.59 Å². The Morgan fingerprint density at radius 2 is 1.60 bits per heavy atom. The topological polar surface area (TPSA) is 59.1 Å². The van der Waals surface area contributed by atoms with E-state index in [9.17, 15) is 9.59 Å². The van der Waals surface area contributed by atoms with E-state index in [4.69, 9.17) is 9.47 Å². The van der Waals surface area contributed by atoms with Crippen LogP contribution in [0, 0.1) is 6.92 Å². The van der Waals surface area contributed by atoms with Gasteiger partial charge in [0.25, 0.3) is 11.8 Å². The molecule has 0 bridgehead atoms. The van der Waals surface area contributed by atoms with Crippen molar-refractivity contribution < 1.29 is 19.1 Å². The number of ether oxygens (including phenoxy) is 2. The Kier molecular flexibility index (Phi) is 5.59. The summed E-state index contributed by atoms with van der Waals surface area (Å²) in [6, 6.07) is 14.9. The van der Waals surface area contributed by atoms with Crippen molar-refractivity contribution >= 4 is 23.1 Å². The normalized spacial score (nSPS) is 17.3. The maximum atomic E-state index is 13.6. The average Bonchev–Trinajstić information content (AvgIpc) is 2.99. The quantitative estimate of drug-likeness (QED) is 0.713. The van der Waals surface area contributed by atoms with Gasteiger partial charge in [0.1, 0.15) is 11.4 Å². The van der Waals surface area contributed by atoms with Gasteiger partial charge in [-0.1, -0.05) is 42.0 Å². The fourth-order valence-electron chi connectivity index (χ4n) is 3.79. The SMILES string of the molecule is Cc1ccc(C2=C(N3CCOCC3)C(=O)N(c3ccccc3OC(C)C)C2=O)cc1. The number of rotatable bonds is 5. The van der Waals surface area contributed by atoms with Gasteiger partial charge in [0.15, 0.2) is 0 Å². The largest absolute Gasteiger partial charge is 0.489 e. The molecular weight excluding hydrogens is 380 g/mol. The zero-order valence-corrected chi connectivity index (χ0v) is 17.6. The van der Waals surface area contributed by atoms with Gasteiger partial charge in [-0.15, -0.1) is 0 Å². The summed E-state index contributed by atoms with van der Waals surface area (Å²) in [6.07, 6.45) is -0.0813. The number of anilines is 1. The van der Waals surface area contributed by atoms with E-state index in [0.29, 0.717) is 49.0 Å². The van der Waals surface area contributed by atoms with Gasteiger partial charge in [-0.25, -0.2) is 4.90 Å². The molecule has 156 valence electrons. The molecule has 0 aromatic heterocycles. The third-order valence-corrected chi connectivity index (χ3v) is 5.20. The number of amides is 2. The summed E-state index contributed by atoms with van der Waals surface area (Å²) in [6.45, 7) is 8.02. The molecule has 2 aliphatic heterocycles. The molecule has 2 heterocycles. The number of nitrogens with zero attached hydrogens (tertiary/aromatic N) is 2. The predicted molar refractivity (Wildman–Crippen MR) is 115 cm³/mol. The van der Waals surface area contributed by atoms with Gasteiger partial charge in [0, 0.05) is 13.1 Å². The molecule has 1 saturated heterocycles. The molecule has 0 N–H and O–H groups in total. The Hall–Kier alpha value is -3.12. The van der Waals surface area contributed by atoms with E-state index in [2.05, 4.69) is 0 Å². The Bertz CT molecular complexity index is 989. The summed E-state index contributed by atoms with van der Waals surface area (Å²) in [4.78, 5) is 30.5. The summed E-state index contributed by atoms with van der Waals surface area (Å²) in [5, 5.41) is 0. The molecule has 0 aliphatic carbocycles. The molecule has 0 atom stereocenters. The van der Waals surface area contributed by atoms with E-state index in [1.165, 1.54) is 4.90 Å². The fourth-order valence-corrected chi connectivity index (χ4v) is 3.79. The Balaban J connectivity index is 1.82. The Labute approximate surface area is 176 Å². The Morgan fingerprint density at radius 3 is 2.27 bits per heavy atom. The number of para-hydroxylation sites is 2. The van der Waals surface area contributed by atoms with Gasteiger partial charge in [-0.2, -0.15) is 0 Å². The lowest BCUT2D eigenvalue weighted by molar-refractivity contribution is -0.121. The molecule has 0 unspecified atom stereocenters. The van der Waals surface area contributed by atoms with E-state index in [-0.39, 0.29) is 17.9 Å². The lowest BCUT2D eigenvalue weighted by atomic mass is 10.0. The molecule has 0 radical (unpaired) electrons. The summed E-state index contributed by atoms with van der Waals surface area (Å²) >= 11 is 0. The van der Waals surface area contributed by atoms with Crippen LogP contribution in [0.15, 0.2) is 54.2 Å². The van der Waals surface area contributed by atoms with Gasteiger partial charge in [-0.05, 0) is 38.5 Å². The monoisotopic (exact) mass is 406 g/mol. The van der Waals surface area contributed by atoms with Crippen molar-refractivity contribution in [2.45, 2.75) is 26.9 Å². The molecule has 4 rings (SSSR count). The van der Waals surface area contributed by atoms with Gasteiger partial charge in [0.05, 0.1) is 30.6 Å². The number of hydrogen-bond donors (Lipinski definition) is 0. The van der Waals surface area contributed by atoms with Crippen LogP contribution in [-0.4, -0.2) is 49.1 Å². The van der Waals surface area contributed by atoms with Gasteiger partial charge < -0.3 is 14.4 Å². The number of morpholine rings is 1. The predicted octanol–water partition coefficient (Wildman–Crippen LogP) is 3.40. The van der Waals surface area contributed by atoms with E-state index in [1.54, 1.807) is 18.2 Å². The summed E-state index contributed by atoms with van der Waals surface area (Å²) in [7, 11) is 0. The number of carbonyl (C=O) groups excluding carboxylic acids is 2. The van der Waals surface area contributed by atoms with Crippen LogP contribution in [0.1, 0.15) is 25.0 Å². The van der Waals surface area contributed by atoms with Gasteiger partial charge >= 0.3 is 0 Å². The Morgan fingerprint density at radius 1 is 0.933 bits per heavy atom. The van der Waals surface area contributed by atoms with E-state index in [1.807, 2.05) is 56.0 Å². The number of hydrogen-bond acceptors (Lipinski definition) is 5. The smallest absolute Gasteiger partial charge is 0.282 e. The van der Waals surface area contributed by atoms with Crippen molar-refractivity contribution in [3.8, 4) is 5.75 Å². The van der Waals surface area contributed by atoms with Crippen LogP contribution in [0.4, 0.5) is 5.69 Å². The minimum Gasteiger partial charge on any atom is -0.489 e. The maximum Gasteiger partial charge on any atom is 0.282 e. The highest BCUT2D eigenvalue weighted by Gasteiger charge is 2.43. The molecular formula is C24H26N2O4. The molecule has 6 nitrogen and oxygen atoms in total. The van der Waals surface area contributed by atoms with Crippen molar-refractivity contribution in [2.75, 3.05) is 31.2 Å². The number of carbonyl (C=O) groups is 2. The zero-order chi connectivity index (χ0) is 21.3. The highest BCUT2D eigenvalue weighted by atomic mass is 16.5. The fraction of sp³-hybridized carbons (Fsp3) is 0.333. The van der Waals surface area contributed by atoms with Crippen molar-refractivity contribution in [1.29, 1.82) is 0 Å². The molecule has 30 heavy (non-hydrogen) atoms. The van der Waals surface area contributed by atoms with Crippen molar-refractivity contribution in [2.24, 2.45) is 0 Å². The minimum absolute atomic E-state index is 0.0813. The third kappa shape index (κ3) is 3.71. The maximum absolute atomic E-state index is 13.6. The van der Waals surface area contributed by atoms with Crippen LogP contribution in [0.25, 0.3) is 5.57 Å². The van der Waals surface area contributed by atoms with E-state index in [0.717, 1.165) is 11.1 Å². The molecule has 2 amide bonds. The number of aryl methyl sites for hydroxylation is 1. The van der Waals surface area contributed by atoms with E-state index >= 15 is 0 Å². The molecule has 6 heteroatoms. The van der Waals surface area contributed by atoms with Crippen LogP contribution in [0.3, 0.4) is 0 Å². The highest BCUT2D eigenvalue weighted by Crippen LogP contribution is 2.39. The highest BCUT2D eigenvalue weighted by molar-refractivity contribution is 6.45. The molecule has 2 aromatic carbocycles. The van der Waals surface area contributed by atoms with Crippen molar-refractivity contribution in [3.63, 3.8) is 0 Å². The third-order valence-electron chi connectivity index (χ3n) is 5.20. The lowest BCUT2D eigenvalue weighted by Crippen LogP contribution is -2.40. The lowest BCUT2D eigenvalue weighted by Gasteiger charge is -2.29. The van der Waals surface area contributed by atoms with Gasteiger partial charge in [0.2, 0.25) is 0 Å². The molecule has 2 aliphatic rings. The van der Waals surface area contributed by atoms with Crippen molar-refractivity contribution in [1.82, 2.24) is 4.90 Å². The first-order valence-electron chi connectivity index (χ1n) is 10.3. The van der Waals surface area contributed by atoms with Crippen LogP contribution < -0.4 is 9.64 Å². The second-order valence-electron chi connectivity index (χ2n) is 7.77. The van der Waals surface area contributed by atoms with Crippen LogP contribution >= 0.6 is 0 Å². The van der Waals surface area contributed by atoms with Crippen molar-refractivity contribution in [3.05, 3.63) is 65.4 Å². The molecule has 1 fully saturated rings.